The molecule has 0 saturated carbocycles. The van der Waals surface area contributed by atoms with Gasteiger partial charge in [-0.25, -0.2) is 12.8 Å². The molecule has 0 saturated heterocycles. The molecule has 0 spiro atoms. The van der Waals surface area contributed by atoms with Crippen molar-refractivity contribution in [2.24, 2.45) is 0 Å². The molecule has 0 radical (unpaired) electrons. The van der Waals surface area contributed by atoms with Crippen molar-refractivity contribution in [3.63, 3.8) is 0 Å². The number of amides is 1. The van der Waals surface area contributed by atoms with Gasteiger partial charge in [-0.15, -0.1) is 0 Å². The van der Waals surface area contributed by atoms with Crippen molar-refractivity contribution in [1.82, 2.24) is 4.31 Å². The number of rotatable bonds is 7. The number of halogens is 1. The molecular formula is C18H21FN2O4S. The summed E-state index contributed by atoms with van der Waals surface area (Å²) in [6.45, 7) is 3.27. The third-order valence-electron chi connectivity index (χ3n) is 3.72. The lowest BCUT2D eigenvalue weighted by Gasteiger charge is -2.21. The van der Waals surface area contributed by atoms with Crippen LogP contribution in [0.25, 0.3) is 0 Å². The van der Waals surface area contributed by atoms with Crippen LogP contribution in [0.2, 0.25) is 0 Å². The van der Waals surface area contributed by atoms with Crippen molar-refractivity contribution in [3.05, 3.63) is 53.8 Å². The van der Waals surface area contributed by atoms with E-state index in [0.29, 0.717) is 11.3 Å². The summed E-state index contributed by atoms with van der Waals surface area (Å²) in [6, 6.07) is 10.0. The molecule has 0 heterocycles. The average molecular weight is 380 g/mol. The Labute approximate surface area is 152 Å². The lowest BCUT2D eigenvalue weighted by atomic mass is 10.2. The van der Waals surface area contributed by atoms with Crippen molar-refractivity contribution in [2.45, 2.75) is 25.3 Å². The third-order valence-corrected chi connectivity index (χ3v) is 5.64. The molecule has 2 aromatic carbocycles. The fourth-order valence-corrected chi connectivity index (χ4v) is 3.95. The minimum Gasteiger partial charge on any atom is -0.495 e. The molecule has 2 aromatic rings. The van der Waals surface area contributed by atoms with Crippen LogP contribution in [0.15, 0.2) is 47.4 Å². The molecule has 8 heteroatoms. The van der Waals surface area contributed by atoms with Gasteiger partial charge >= 0.3 is 0 Å². The van der Waals surface area contributed by atoms with E-state index in [9.17, 15) is 17.6 Å². The molecule has 0 bridgehead atoms. The highest BCUT2D eigenvalue weighted by atomic mass is 32.2. The minimum absolute atomic E-state index is 0.0142. The first-order valence-electron chi connectivity index (χ1n) is 7.98. The van der Waals surface area contributed by atoms with Crippen LogP contribution in [0, 0.1) is 5.82 Å². The fourth-order valence-electron chi connectivity index (χ4n) is 2.49. The first-order valence-corrected chi connectivity index (χ1v) is 9.42. The van der Waals surface area contributed by atoms with E-state index in [1.54, 1.807) is 13.0 Å². The van der Waals surface area contributed by atoms with Crippen LogP contribution in [-0.2, 0) is 21.4 Å². The van der Waals surface area contributed by atoms with Gasteiger partial charge < -0.3 is 10.1 Å². The number of anilines is 1. The number of ether oxygens (including phenoxy) is 1. The van der Waals surface area contributed by atoms with E-state index in [4.69, 9.17) is 4.74 Å². The second-order valence-corrected chi connectivity index (χ2v) is 7.54. The van der Waals surface area contributed by atoms with Crippen LogP contribution in [-0.4, -0.2) is 32.3 Å². The molecule has 0 aliphatic carbocycles. The number of carbonyl (C=O) groups is 1. The minimum atomic E-state index is -3.84. The molecule has 0 aliphatic rings. The van der Waals surface area contributed by atoms with E-state index >= 15 is 0 Å². The van der Waals surface area contributed by atoms with E-state index in [1.807, 2.05) is 0 Å². The van der Waals surface area contributed by atoms with Crippen LogP contribution >= 0.6 is 0 Å². The number of nitrogens with one attached hydrogen (secondary N) is 1. The topological polar surface area (TPSA) is 75.7 Å². The Morgan fingerprint density at radius 3 is 2.54 bits per heavy atom. The third kappa shape index (κ3) is 4.59. The number of nitrogens with zero attached hydrogens (tertiary/aromatic N) is 1. The quantitative estimate of drug-likeness (QED) is 0.801. The van der Waals surface area contributed by atoms with Crippen molar-refractivity contribution in [2.75, 3.05) is 19.0 Å². The average Bonchev–Trinajstić information content (AvgIpc) is 2.59. The number of hydrogen-bond donors (Lipinski definition) is 1. The zero-order valence-electron chi connectivity index (χ0n) is 14.8. The lowest BCUT2D eigenvalue weighted by molar-refractivity contribution is -0.114. The van der Waals surface area contributed by atoms with Gasteiger partial charge in [-0.2, -0.15) is 4.31 Å². The zero-order chi connectivity index (χ0) is 19.3. The number of benzene rings is 2. The molecule has 1 N–H and O–H groups in total. The summed E-state index contributed by atoms with van der Waals surface area (Å²) in [5.41, 5.74) is 0.814. The molecular weight excluding hydrogens is 359 g/mol. The van der Waals surface area contributed by atoms with Gasteiger partial charge in [-0.1, -0.05) is 19.1 Å². The van der Waals surface area contributed by atoms with Gasteiger partial charge in [-0.05, 0) is 35.9 Å². The smallest absolute Gasteiger partial charge is 0.243 e. The van der Waals surface area contributed by atoms with Crippen LogP contribution in [0.4, 0.5) is 10.1 Å². The van der Waals surface area contributed by atoms with E-state index in [2.05, 4.69) is 5.32 Å². The molecule has 0 fully saturated rings. The van der Waals surface area contributed by atoms with E-state index in [-0.39, 0.29) is 29.6 Å². The SMILES string of the molecule is CCN(Cc1cccc(F)c1)S(=O)(=O)c1ccc(OC)c(NC(C)=O)c1. The standard InChI is InChI=1S/C18H21FN2O4S/c1-4-21(12-14-6-5-7-15(19)10-14)26(23,24)16-8-9-18(25-3)17(11-16)20-13(2)22/h5-11H,4,12H2,1-3H3,(H,20,22). The van der Waals surface area contributed by atoms with Crippen LogP contribution in [0.5, 0.6) is 5.75 Å². The molecule has 0 aromatic heterocycles. The second-order valence-electron chi connectivity index (χ2n) is 5.60. The van der Waals surface area contributed by atoms with Gasteiger partial charge in [-0.3, -0.25) is 4.79 Å². The molecule has 6 nitrogen and oxygen atoms in total. The summed E-state index contributed by atoms with van der Waals surface area (Å²) < 4.78 is 45.7. The predicted molar refractivity (Wildman–Crippen MR) is 97.0 cm³/mol. The second kappa shape index (κ2) is 8.29. The molecule has 0 atom stereocenters. The van der Waals surface area contributed by atoms with Gasteiger partial charge in [0.25, 0.3) is 0 Å². The maximum absolute atomic E-state index is 13.4. The summed E-state index contributed by atoms with van der Waals surface area (Å²) in [4.78, 5) is 11.4. The van der Waals surface area contributed by atoms with Crippen molar-refractivity contribution >= 4 is 21.6 Å². The summed E-state index contributed by atoms with van der Waals surface area (Å²) in [7, 11) is -2.41. The molecule has 1 amide bonds. The van der Waals surface area contributed by atoms with Crippen molar-refractivity contribution in [3.8, 4) is 5.75 Å². The Kier molecular flexibility index (Phi) is 6.33. The summed E-state index contributed by atoms with van der Waals surface area (Å²) in [6.07, 6.45) is 0. The fraction of sp³-hybridized carbons (Fsp3) is 0.278. The molecule has 2 rings (SSSR count). The highest BCUT2D eigenvalue weighted by molar-refractivity contribution is 7.89. The largest absolute Gasteiger partial charge is 0.495 e. The number of hydrogen-bond acceptors (Lipinski definition) is 4. The summed E-state index contributed by atoms with van der Waals surface area (Å²) in [5, 5.41) is 2.55. The van der Waals surface area contributed by atoms with Gasteiger partial charge in [0.05, 0.1) is 17.7 Å². The highest BCUT2D eigenvalue weighted by Crippen LogP contribution is 2.29. The maximum atomic E-state index is 13.4. The summed E-state index contributed by atoms with van der Waals surface area (Å²) >= 11 is 0. The van der Waals surface area contributed by atoms with E-state index in [0.717, 1.165) is 0 Å². The van der Waals surface area contributed by atoms with Crippen LogP contribution in [0.3, 0.4) is 0 Å². The van der Waals surface area contributed by atoms with Crippen molar-refractivity contribution in [1.29, 1.82) is 0 Å². The predicted octanol–water partition coefficient (Wildman–Crippen LogP) is 3.00. The number of sulfonamides is 1. The van der Waals surface area contributed by atoms with Gasteiger partial charge in [0.1, 0.15) is 11.6 Å². The zero-order valence-corrected chi connectivity index (χ0v) is 15.6. The van der Waals surface area contributed by atoms with Crippen LogP contribution < -0.4 is 10.1 Å². The lowest BCUT2D eigenvalue weighted by Crippen LogP contribution is -2.30. The Balaban J connectivity index is 2.38. The monoisotopic (exact) mass is 380 g/mol. The van der Waals surface area contributed by atoms with Crippen LogP contribution in [0.1, 0.15) is 19.4 Å². The number of methoxy groups -OCH3 is 1. The summed E-state index contributed by atoms with van der Waals surface area (Å²) in [5.74, 6) is -0.411. The Morgan fingerprint density at radius 1 is 1.23 bits per heavy atom. The first kappa shape index (κ1) is 19.9. The Hall–Kier alpha value is -2.45. The molecule has 140 valence electrons. The van der Waals surface area contributed by atoms with Gasteiger partial charge in [0, 0.05) is 20.0 Å². The maximum Gasteiger partial charge on any atom is 0.243 e. The van der Waals surface area contributed by atoms with Crippen molar-refractivity contribution < 1.29 is 22.3 Å². The Bertz CT molecular complexity index is 900. The van der Waals surface area contributed by atoms with E-state index < -0.39 is 15.8 Å². The molecule has 0 aliphatic heterocycles. The number of carbonyl (C=O) groups excluding carboxylic acids is 1. The highest BCUT2D eigenvalue weighted by Gasteiger charge is 2.24. The van der Waals surface area contributed by atoms with E-state index in [1.165, 1.54) is 54.7 Å². The molecule has 26 heavy (non-hydrogen) atoms. The Morgan fingerprint density at radius 2 is 1.96 bits per heavy atom. The first-order chi connectivity index (χ1) is 12.3. The normalized spacial score (nSPS) is 11.4. The van der Waals surface area contributed by atoms with Gasteiger partial charge in [0.15, 0.2) is 0 Å². The molecule has 0 unspecified atom stereocenters. The van der Waals surface area contributed by atoms with Gasteiger partial charge in [0.2, 0.25) is 15.9 Å².